The van der Waals surface area contributed by atoms with E-state index >= 15 is 0 Å². The van der Waals surface area contributed by atoms with E-state index in [0.29, 0.717) is 17.5 Å². The van der Waals surface area contributed by atoms with E-state index in [1.54, 1.807) is 6.26 Å². The molecule has 102 valence electrons. The first-order valence-electron chi connectivity index (χ1n) is 6.00. The minimum Gasteiger partial charge on any atom is -0.444 e. The van der Waals surface area contributed by atoms with E-state index in [-0.39, 0.29) is 5.54 Å². The molecule has 0 radical (unpaired) electrons. The van der Waals surface area contributed by atoms with Crippen molar-refractivity contribution in [1.29, 1.82) is 0 Å². The van der Waals surface area contributed by atoms with Crippen molar-refractivity contribution < 1.29 is 4.42 Å². The molecule has 2 aromatic rings. The second-order valence-electron chi connectivity index (χ2n) is 5.37. The van der Waals surface area contributed by atoms with Crippen molar-refractivity contribution in [2.75, 3.05) is 0 Å². The van der Waals surface area contributed by atoms with Gasteiger partial charge in [-0.25, -0.2) is 4.98 Å². The van der Waals surface area contributed by atoms with Crippen molar-refractivity contribution in [3.05, 3.63) is 39.7 Å². The van der Waals surface area contributed by atoms with Gasteiger partial charge in [0.25, 0.3) is 0 Å². The molecule has 1 aromatic heterocycles. The summed E-state index contributed by atoms with van der Waals surface area (Å²) >= 11 is 9.46. The van der Waals surface area contributed by atoms with Crippen LogP contribution in [0.2, 0.25) is 5.02 Å². The third-order valence-electron chi connectivity index (χ3n) is 2.51. The molecule has 2 rings (SSSR count). The highest BCUT2D eigenvalue weighted by molar-refractivity contribution is 9.10. The van der Waals surface area contributed by atoms with Crippen molar-refractivity contribution in [2.24, 2.45) is 0 Å². The predicted molar refractivity (Wildman–Crippen MR) is 81.2 cm³/mol. The van der Waals surface area contributed by atoms with E-state index < -0.39 is 0 Å². The van der Waals surface area contributed by atoms with Crippen LogP contribution in [0.15, 0.2) is 33.4 Å². The lowest BCUT2D eigenvalue weighted by Gasteiger charge is -2.19. The minimum atomic E-state index is 0.0513. The maximum atomic E-state index is 5.99. The van der Waals surface area contributed by atoms with Crippen LogP contribution in [-0.2, 0) is 6.54 Å². The lowest BCUT2D eigenvalue weighted by Crippen LogP contribution is -2.35. The molecule has 19 heavy (non-hydrogen) atoms. The highest BCUT2D eigenvalue weighted by atomic mass is 79.9. The zero-order chi connectivity index (χ0) is 14.0. The van der Waals surface area contributed by atoms with Gasteiger partial charge in [-0.15, -0.1) is 0 Å². The number of hydrogen-bond acceptors (Lipinski definition) is 3. The number of nitrogens with zero attached hydrogens (tertiary/aromatic N) is 1. The Labute approximate surface area is 126 Å². The molecule has 1 aromatic carbocycles. The fourth-order valence-corrected chi connectivity index (χ4v) is 2.12. The van der Waals surface area contributed by atoms with Crippen molar-refractivity contribution >= 4 is 27.5 Å². The Morgan fingerprint density at radius 3 is 2.79 bits per heavy atom. The number of rotatable bonds is 3. The SMILES string of the molecule is CC(C)(C)NCc1coc(-c2cc(Cl)ccc2Br)n1. The van der Waals surface area contributed by atoms with Gasteiger partial charge in [-0.1, -0.05) is 11.6 Å². The minimum absolute atomic E-state index is 0.0513. The van der Waals surface area contributed by atoms with Gasteiger partial charge >= 0.3 is 0 Å². The molecule has 0 aliphatic rings. The van der Waals surface area contributed by atoms with Crippen LogP contribution in [0.4, 0.5) is 0 Å². The van der Waals surface area contributed by atoms with Gasteiger partial charge in [0, 0.05) is 21.6 Å². The topological polar surface area (TPSA) is 38.1 Å². The Morgan fingerprint density at radius 2 is 2.11 bits per heavy atom. The van der Waals surface area contributed by atoms with Crippen LogP contribution >= 0.6 is 27.5 Å². The molecule has 0 amide bonds. The summed E-state index contributed by atoms with van der Waals surface area (Å²) in [6, 6.07) is 5.54. The van der Waals surface area contributed by atoms with Gasteiger partial charge in [-0.05, 0) is 54.9 Å². The van der Waals surface area contributed by atoms with Crippen molar-refractivity contribution in [3.63, 3.8) is 0 Å². The summed E-state index contributed by atoms with van der Waals surface area (Å²) in [6.45, 7) is 7.01. The molecule has 0 aliphatic heterocycles. The summed E-state index contributed by atoms with van der Waals surface area (Å²) in [5, 5.41) is 4.03. The average molecular weight is 344 g/mol. The zero-order valence-corrected chi connectivity index (χ0v) is 13.5. The van der Waals surface area contributed by atoms with E-state index in [0.717, 1.165) is 15.7 Å². The van der Waals surface area contributed by atoms with Gasteiger partial charge in [0.05, 0.1) is 11.3 Å². The highest BCUT2D eigenvalue weighted by Crippen LogP contribution is 2.30. The highest BCUT2D eigenvalue weighted by Gasteiger charge is 2.13. The van der Waals surface area contributed by atoms with Crippen LogP contribution in [-0.4, -0.2) is 10.5 Å². The Balaban J connectivity index is 2.19. The zero-order valence-electron chi connectivity index (χ0n) is 11.1. The molecular weight excluding hydrogens is 328 g/mol. The summed E-state index contributed by atoms with van der Waals surface area (Å²) in [7, 11) is 0. The normalized spacial score (nSPS) is 11.8. The molecule has 3 nitrogen and oxygen atoms in total. The summed E-state index contributed by atoms with van der Waals surface area (Å²) in [5.74, 6) is 0.570. The monoisotopic (exact) mass is 342 g/mol. The van der Waals surface area contributed by atoms with Crippen LogP contribution in [0.25, 0.3) is 11.5 Å². The molecule has 0 spiro atoms. The predicted octanol–water partition coefficient (Wildman–Crippen LogP) is 4.65. The van der Waals surface area contributed by atoms with Gasteiger partial charge in [0.15, 0.2) is 0 Å². The molecule has 0 unspecified atom stereocenters. The second kappa shape index (κ2) is 5.65. The van der Waals surface area contributed by atoms with E-state index in [2.05, 4.69) is 47.0 Å². The molecule has 5 heteroatoms. The molecule has 0 saturated heterocycles. The Hall–Kier alpha value is -0.840. The molecular formula is C14H16BrClN2O. The van der Waals surface area contributed by atoms with Crippen LogP contribution in [0.3, 0.4) is 0 Å². The van der Waals surface area contributed by atoms with Gasteiger partial charge < -0.3 is 9.73 Å². The van der Waals surface area contributed by atoms with E-state index in [1.165, 1.54) is 0 Å². The number of hydrogen-bond donors (Lipinski definition) is 1. The number of benzene rings is 1. The standard InChI is InChI=1S/C14H16BrClN2O/c1-14(2,3)17-7-10-8-19-13(18-10)11-6-9(16)4-5-12(11)15/h4-6,8,17H,7H2,1-3H3. The number of aromatic nitrogens is 1. The summed E-state index contributed by atoms with van der Waals surface area (Å²) in [6.07, 6.45) is 1.67. The first-order valence-corrected chi connectivity index (χ1v) is 7.17. The van der Waals surface area contributed by atoms with Gasteiger partial charge in [-0.3, -0.25) is 0 Å². The van der Waals surface area contributed by atoms with Gasteiger partial charge in [0.1, 0.15) is 6.26 Å². The maximum Gasteiger partial charge on any atom is 0.227 e. The first-order chi connectivity index (χ1) is 8.85. The summed E-state index contributed by atoms with van der Waals surface area (Å²) in [4.78, 5) is 4.47. The molecule has 0 atom stereocenters. The largest absolute Gasteiger partial charge is 0.444 e. The van der Waals surface area contributed by atoms with Crippen LogP contribution in [0.1, 0.15) is 26.5 Å². The molecule has 1 N–H and O–H groups in total. The summed E-state index contributed by atoms with van der Waals surface area (Å²) in [5.41, 5.74) is 1.78. The van der Waals surface area contributed by atoms with Gasteiger partial charge in [-0.2, -0.15) is 0 Å². The molecule has 0 fully saturated rings. The molecule has 0 saturated carbocycles. The lowest BCUT2D eigenvalue weighted by atomic mass is 10.1. The second-order valence-corrected chi connectivity index (χ2v) is 6.66. The van der Waals surface area contributed by atoms with E-state index in [9.17, 15) is 0 Å². The van der Waals surface area contributed by atoms with Crippen LogP contribution in [0.5, 0.6) is 0 Å². The molecule has 1 heterocycles. The van der Waals surface area contributed by atoms with Crippen molar-refractivity contribution in [2.45, 2.75) is 32.9 Å². The number of nitrogens with one attached hydrogen (secondary N) is 1. The number of oxazole rings is 1. The van der Waals surface area contributed by atoms with E-state index in [1.807, 2.05) is 18.2 Å². The average Bonchev–Trinajstić information content (AvgIpc) is 2.77. The maximum absolute atomic E-state index is 5.99. The first kappa shape index (κ1) is 14.6. The quantitative estimate of drug-likeness (QED) is 0.882. The van der Waals surface area contributed by atoms with E-state index in [4.69, 9.17) is 16.0 Å². The fourth-order valence-electron chi connectivity index (χ4n) is 1.53. The molecule has 0 aliphatic carbocycles. The van der Waals surface area contributed by atoms with Crippen molar-refractivity contribution in [3.8, 4) is 11.5 Å². The Kier molecular flexibility index (Phi) is 4.33. The Bertz CT molecular complexity index is 575. The van der Waals surface area contributed by atoms with Crippen molar-refractivity contribution in [1.82, 2.24) is 10.3 Å². The van der Waals surface area contributed by atoms with Gasteiger partial charge in [0.2, 0.25) is 5.89 Å². The summed E-state index contributed by atoms with van der Waals surface area (Å²) < 4.78 is 6.42. The van der Waals surface area contributed by atoms with Crippen LogP contribution in [0, 0.1) is 0 Å². The third-order valence-corrected chi connectivity index (χ3v) is 3.44. The molecule has 0 bridgehead atoms. The fraction of sp³-hybridized carbons (Fsp3) is 0.357. The Morgan fingerprint density at radius 1 is 1.37 bits per heavy atom. The smallest absolute Gasteiger partial charge is 0.227 e. The van der Waals surface area contributed by atoms with Crippen LogP contribution < -0.4 is 5.32 Å². The third kappa shape index (κ3) is 4.06. The lowest BCUT2D eigenvalue weighted by molar-refractivity contribution is 0.421. The number of halogens is 2.